The molecule has 0 saturated carbocycles. The van der Waals surface area contributed by atoms with Crippen LogP contribution in [0.2, 0.25) is 0 Å². The monoisotopic (exact) mass is 210 g/mol. The first-order valence-electron chi connectivity index (χ1n) is 5.41. The van der Waals surface area contributed by atoms with E-state index in [4.69, 9.17) is 0 Å². The summed E-state index contributed by atoms with van der Waals surface area (Å²) in [7, 11) is 0. The van der Waals surface area contributed by atoms with Crippen molar-refractivity contribution >= 4 is 5.91 Å². The van der Waals surface area contributed by atoms with E-state index in [9.17, 15) is 4.79 Å². The zero-order valence-electron chi connectivity index (χ0n) is 9.91. The van der Waals surface area contributed by atoms with Crippen molar-refractivity contribution in [1.82, 2.24) is 9.80 Å². The zero-order valence-corrected chi connectivity index (χ0v) is 9.91. The molecule has 0 radical (unpaired) electrons. The fourth-order valence-corrected chi connectivity index (χ4v) is 1.33. The first kappa shape index (κ1) is 13.9. The van der Waals surface area contributed by atoms with E-state index in [-0.39, 0.29) is 5.91 Å². The van der Waals surface area contributed by atoms with Gasteiger partial charge in [0.05, 0.1) is 6.54 Å². The highest BCUT2D eigenvalue weighted by Gasteiger charge is 2.13. The van der Waals surface area contributed by atoms with Crippen LogP contribution in [0.15, 0.2) is 25.3 Å². The molecule has 0 fully saturated rings. The third-order valence-electron chi connectivity index (χ3n) is 2.30. The number of hydrogen-bond acceptors (Lipinski definition) is 2. The van der Waals surface area contributed by atoms with Gasteiger partial charge in [0.15, 0.2) is 0 Å². The smallest absolute Gasteiger partial charge is 0.237 e. The van der Waals surface area contributed by atoms with Crippen molar-refractivity contribution in [3.05, 3.63) is 25.3 Å². The molecule has 0 aromatic rings. The summed E-state index contributed by atoms with van der Waals surface area (Å²) in [5, 5.41) is 0. The number of hydrogen-bond donors (Lipinski definition) is 0. The van der Waals surface area contributed by atoms with Crippen molar-refractivity contribution in [2.75, 3.05) is 32.7 Å². The van der Waals surface area contributed by atoms with Gasteiger partial charge in [0.1, 0.15) is 0 Å². The van der Waals surface area contributed by atoms with Gasteiger partial charge in [0.2, 0.25) is 5.91 Å². The minimum atomic E-state index is 0.138. The molecule has 3 nitrogen and oxygen atoms in total. The van der Waals surface area contributed by atoms with E-state index in [1.807, 2.05) is 0 Å². The molecular formula is C12H22N2O. The van der Waals surface area contributed by atoms with Gasteiger partial charge in [-0.3, -0.25) is 9.69 Å². The summed E-state index contributed by atoms with van der Waals surface area (Å²) in [5.41, 5.74) is 0. The van der Waals surface area contributed by atoms with Gasteiger partial charge in [-0.1, -0.05) is 26.0 Å². The van der Waals surface area contributed by atoms with Crippen LogP contribution in [0.25, 0.3) is 0 Å². The second-order valence-corrected chi connectivity index (χ2v) is 3.34. The fourth-order valence-electron chi connectivity index (χ4n) is 1.33. The van der Waals surface area contributed by atoms with E-state index in [0.717, 1.165) is 13.1 Å². The van der Waals surface area contributed by atoms with Gasteiger partial charge in [-0.2, -0.15) is 0 Å². The van der Waals surface area contributed by atoms with Crippen molar-refractivity contribution in [2.45, 2.75) is 13.8 Å². The summed E-state index contributed by atoms with van der Waals surface area (Å²) in [5.74, 6) is 0.138. The molecule has 1 amide bonds. The third kappa shape index (κ3) is 5.37. The standard InChI is InChI=1S/C12H22N2O/c1-5-9-14(10-6-2)12(15)11-13(7-3)8-4/h5-6H,1-2,7-11H2,3-4H3. The number of likely N-dealkylation sites (N-methyl/N-ethyl adjacent to an activating group) is 1. The van der Waals surface area contributed by atoms with E-state index in [2.05, 4.69) is 31.9 Å². The van der Waals surface area contributed by atoms with E-state index < -0.39 is 0 Å². The molecule has 0 heterocycles. The number of amides is 1. The van der Waals surface area contributed by atoms with Crippen LogP contribution < -0.4 is 0 Å². The Morgan fingerprint density at radius 2 is 1.60 bits per heavy atom. The highest BCUT2D eigenvalue weighted by Crippen LogP contribution is 1.95. The van der Waals surface area contributed by atoms with Gasteiger partial charge >= 0.3 is 0 Å². The van der Waals surface area contributed by atoms with E-state index in [1.165, 1.54) is 0 Å². The molecule has 0 unspecified atom stereocenters. The predicted octanol–water partition coefficient (Wildman–Crippen LogP) is 1.53. The van der Waals surface area contributed by atoms with Crippen LogP contribution >= 0.6 is 0 Å². The number of nitrogens with zero attached hydrogens (tertiary/aromatic N) is 2. The molecule has 0 spiro atoms. The van der Waals surface area contributed by atoms with Crippen molar-refractivity contribution in [2.24, 2.45) is 0 Å². The summed E-state index contributed by atoms with van der Waals surface area (Å²) in [6.07, 6.45) is 3.48. The van der Waals surface area contributed by atoms with Crippen molar-refractivity contribution in [3.63, 3.8) is 0 Å². The molecule has 0 saturated heterocycles. The minimum absolute atomic E-state index is 0.138. The van der Waals surface area contributed by atoms with Gasteiger partial charge in [-0.15, -0.1) is 13.2 Å². The van der Waals surface area contributed by atoms with Crippen LogP contribution in [0.4, 0.5) is 0 Å². The Balaban J connectivity index is 4.22. The molecule has 0 aliphatic rings. The average Bonchev–Trinajstić information content (AvgIpc) is 2.25. The summed E-state index contributed by atoms with van der Waals surface area (Å²) >= 11 is 0. The van der Waals surface area contributed by atoms with Crippen LogP contribution in [0.3, 0.4) is 0 Å². The lowest BCUT2D eigenvalue weighted by molar-refractivity contribution is -0.131. The largest absolute Gasteiger partial charge is 0.334 e. The highest BCUT2D eigenvalue weighted by molar-refractivity contribution is 5.78. The SMILES string of the molecule is C=CCN(CC=C)C(=O)CN(CC)CC. The Bertz CT molecular complexity index is 200. The van der Waals surface area contributed by atoms with E-state index >= 15 is 0 Å². The lowest BCUT2D eigenvalue weighted by atomic mass is 10.3. The molecule has 0 N–H and O–H groups in total. The Labute approximate surface area is 93.1 Å². The Morgan fingerprint density at radius 3 is 1.93 bits per heavy atom. The quantitative estimate of drug-likeness (QED) is 0.567. The average molecular weight is 210 g/mol. The topological polar surface area (TPSA) is 23.6 Å². The maximum atomic E-state index is 11.8. The van der Waals surface area contributed by atoms with Crippen molar-refractivity contribution < 1.29 is 4.79 Å². The predicted molar refractivity (Wildman–Crippen MR) is 64.8 cm³/mol. The second kappa shape index (κ2) is 8.24. The molecule has 0 rings (SSSR count). The van der Waals surface area contributed by atoms with Gasteiger partial charge in [-0.25, -0.2) is 0 Å². The Hall–Kier alpha value is -1.09. The molecule has 15 heavy (non-hydrogen) atoms. The summed E-state index contributed by atoms with van der Waals surface area (Å²) in [4.78, 5) is 15.7. The highest BCUT2D eigenvalue weighted by atomic mass is 16.2. The molecule has 0 aromatic heterocycles. The molecule has 0 aromatic carbocycles. The maximum absolute atomic E-state index is 11.8. The van der Waals surface area contributed by atoms with Crippen LogP contribution in [0, 0.1) is 0 Å². The maximum Gasteiger partial charge on any atom is 0.237 e. The zero-order chi connectivity index (χ0) is 11.7. The molecule has 3 heteroatoms. The molecular weight excluding hydrogens is 188 g/mol. The van der Waals surface area contributed by atoms with Crippen LogP contribution in [-0.4, -0.2) is 48.4 Å². The second-order valence-electron chi connectivity index (χ2n) is 3.34. The van der Waals surface area contributed by atoms with E-state index in [0.29, 0.717) is 19.6 Å². The van der Waals surface area contributed by atoms with Crippen LogP contribution in [0.1, 0.15) is 13.8 Å². The summed E-state index contributed by atoms with van der Waals surface area (Å²) in [6, 6.07) is 0. The summed E-state index contributed by atoms with van der Waals surface area (Å²) < 4.78 is 0. The first-order chi connectivity index (χ1) is 7.19. The molecule has 0 bridgehead atoms. The normalized spacial score (nSPS) is 10.1. The van der Waals surface area contributed by atoms with Crippen molar-refractivity contribution in [1.29, 1.82) is 0 Å². The van der Waals surface area contributed by atoms with Gasteiger partial charge in [-0.05, 0) is 13.1 Å². The number of rotatable bonds is 8. The van der Waals surface area contributed by atoms with Gasteiger partial charge in [0, 0.05) is 13.1 Å². The fraction of sp³-hybridized carbons (Fsp3) is 0.583. The van der Waals surface area contributed by atoms with E-state index in [1.54, 1.807) is 17.1 Å². The number of carbonyl (C=O) groups is 1. The number of carbonyl (C=O) groups excluding carboxylic acids is 1. The lowest BCUT2D eigenvalue weighted by Gasteiger charge is -2.24. The molecule has 0 atom stereocenters. The summed E-state index contributed by atoms with van der Waals surface area (Å²) in [6.45, 7) is 14.9. The molecule has 0 aliphatic carbocycles. The molecule has 0 aliphatic heterocycles. The molecule has 86 valence electrons. The Morgan fingerprint density at radius 1 is 1.13 bits per heavy atom. The first-order valence-corrected chi connectivity index (χ1v) is 5.41. The van der Waals surface area contributed by atoms with Crippen LogP contribution in [0.5, 0.6) is 0 Å². The lowest BCUT2D eigenvalue weighted by Crippen LogP contribution is -2.40. The third-order valence-corrected chi connectivity index (χ3v) is 2.30. The van der Waals surface area contributed by atoms with Crippen LogP contribution in [-0.2, 0) is 4.79 Å². The Kier molecular flexibility index (Phi) is 7.64. The van der Waals surface area contributed by atoms with Crippen molar-refractivity contribution in [3.8, 4) is 0 Å². The van der Waals surface area contributed by atoms with Gasteiger partial charge in [0.25, 0.3) is 0 Å². The van der Waals surface area contributed by atoms with Gasteiger partial charge < -0.3 is 4.90 Å². The minimum Gasteiger partial charge on any atom is -0.334 e.